The van der Waals surface area contributed by atoms with Gasteiger partial charge in [0.05, 0.1) is 11.3 Å². The summed E-state index contributed by atoms with van der Waals surface area (Å²) in [5.74, 6) is -0.611. The fourth-order valence-electron chi connectivity index (χ4n) is 3.19. The lowest BCUT2D eigenvalue weighted by atomic mass is 10.1. The van der Waals surface area contributed by atoms with Crippen molar-refractivity contribution in [2.75, 3.05) is 11.1 Å². The van der Waals surface area contributed by atoms with Gasteiger partial charge in [0.1, 0.15) is 10.5 Å². The normalized spacial score (nSPS) is 11.1. The summed E-state index contributed by atoms with van der Waals surface area (Å²) in [7, 11) is 0. The summed E-state index contributed by atoms with van der Waals surface area (Å²) in [5.41, 5.74) is 3.35. The van der Waals surface area contributed by atoms with Crippen LogP contribution in [-0.4, -0.2) is 21.2 Å². The lowest BCUT2D eigenvalue weighted by Crippen LogP contribution is -2.23. The smallest absolute Gasteiger partial charge is 0.272 e. The molecule has 0 aliphatic heterocycles. The highest BCUT2D eigenvalue weighted by Gasteiger charge is 2.17. The highest BCUT2D eigenvalue weighted by atomic mass is 32.2. The molecule has 0 saturated carbocycles. The van der Waals surface area contributed by atoms with Crippen molar-refractivity contribution in [1.82, 2.24) is 9.55 Å². The number of hydrogen-bond acceptors (Lipinski definition) is 5. The Kier molecular flexibility index (Phi) is 6.20. The molecule has 2 aromatic carbocycles. The van der Waals surface area contributed by atoms with Gasteiger partial charge in [-0.25, -0.2) is 9.37 Å². The highest BCUT2D eigenvalue weighted by Crippen LogP contribution is 2.32. The molecule has 1 amide bonds. The van der Waals surface area contributed by atoms with Crippen LogP contribution in [-0.2, 0) is 11.3 Å². The van der Waals surface area contributed by atoms with Crippen molar-refractivity contribution in [2.24, 2.45) is 0 Å². The van der Waals surface area contributed by atoms with Crippen LogP contribution in [0, 0.1) is 12.7 Å². The molecule has 0 bridgehead atoms. The standard InChI is InChI=1S/C23H20FN3O2S2/c1-3-27-22(29)21-20(17(12-30-21)15-7-5-4-6-8-15)26-23(27)31-13-19(28)25-16-10-9-14(2)18(24)11-16/h4-12H,3,13H2,1-2H3,(H,25,28). The van der Waals surface area contributed by atoms with E-state index in [2.05, 4.69) is 5.32 Å². The molecule has 1 N–H and O–H groups in total. The molecule has 0 aliphatic rings. The number of amides is 1. The molecule has 2 aromatic heterocycles. The van der Waals surface area contributed by atoms with Crippen LogP contribution in [0.5, 0.6) is 0 Å². The quantitative estimate of drug-likeness (QED) is 0.317. The molecule has 31 heavy (non-hydrogen) atoms. The zero-order chi connectivity index (χ0) is 22.0. The predicted molar refractivity (Wildman–Crippen MR) is 125 cm³/mol. The number of benzene rings is 2. The van der Waals surface area contributed by atoms with Crippen LogP contribution in [0.25, 0.3) is 21.3 Å². The van der Waals surface area contributed by atoms with Crippen LogP contribution in [0.4, 0.5) is 10.1 Å². The molecule has 0 fully saturated rings. The van der Waals surface area contributed by atoms with Crippen LogP contribution in [0.1, 0.15) is 12.5 Å². The Morgan fingerprint density at radius 1 is 1.23 bits per heavy atom. The minimum absolute atomic E-state index is 0.0538. The highest BCUT2D eigenvalue weighted by molar-refractivity contribution is 7.99. The first-order chi connectivity index (χ1) is 15.0. The number of thioether (sulfide) groups is 1. The van der Waals surface area contributed by atoms with Crippen LogP contribution in [0.3, 0.4) is 0 Å². The van der Waals surface area contributed by atoms with Gasteiger partial charge in [-0.2, -0.15) is 0 Å². The van der Waals surface area contributed by atoms with Crippen molar-refractivity contribution in [3.05, 3.63) is 75.6 Å². The van der Waals surface area contributed by atoms with E-state index >= 15 is 0 Å². The van der Waals surface area contributed by atoms with E-state index in [1.54, 1.807) is 23.6 Å². The lowest BCUT2D eigenvalue weighted by Gasteiger charge is -2.11. The third-order valence-corrected chi connectivity index (χ3v) is 6.77. The van der Waals surface area contributed by atoms with E-state index in [0.29, 0.717) is 33.2 Å². The van der Waals surface area contributed by atoms with Gasteiger partial charge in [-0.1, -0.05) is 48.2 Å². The minimum Gasteiger partial charge on any atom is -0.325 e. The van der Waals surface area contributed by atoms with E-state index in [0.717, 1.165) is 11.1 Å². The summed E-state index contributed by atoms with van der Waals surface area (Å²) in [4.78, 5) is 30.2. The molecular weight excluding hydrogens is 433 g/mol. The van der Waals surface area contributed by atoms with Gasteiger partial charge in [0.25, 0.3) is 5.56 Å². The molecule has 4 aromatic rings. The van der Waals surface area contributed by atoms with Gasteiger partial charge in [0.2, 0.25) is 5.91 Å². The van der Waals surface area contributed by atoms with Crippen molar-refractivity contribution >= 4 is 44.9 Å². The molecule has 2 heterocycles. The molecule has 0 aliphatic carbocycles. The Morgan fingerprint density at radius 3 is 2.71 bits per heavy atom. The summed E-state index contributed by atoms with van der Waals surface area (Å²) in [5, 5.41) is 5.12. The molecular formula is C23H20FN3O2S2. The number of rotatable bonds is 6. The summed E-state index contributed by atoms with van der Waals surface area (Å²) in [6.45, 7) is 3.99. The molecule has 158 valence electrons. The number of anilines is 1. The monoisotopic (exact) mass is 453 g/mol. The molecule has 4 rings (SSSR count). The van der Waals surface area contributed by atoms with Crippen molar-refractivity contribution in [2.45, 2.75) is 25.5 Å². The van der Waals surface area contributed by atoms with Crippen molar-refractivity contribution in [3.63, 3.8) is 0 Å². The van der Waals surface area contributed by atoms with E-state index in [4.69, 9.17) is 4.98 Å². The van der Waals surface area contributed by atoms with E-state index in [1.807, 2.05) is 42.6 Å². The number of nitrogens with one attached hydrogen (secondary N) is 1. The van der Waals surface area contributed by atoms with Gasteiger partial charge >= 0.3 is 0 Å². The van der Waals surface area contributed by atoms with Crippen molar-refractivity contribution < 1.29 is 9.18 Å². The number of hydrogen-bond donors (Lipinski definition) is 1. The number of aromatic nitrogens is 2. The number of aryl methyl sites for hydroxylation is 1. The maximum absolute atomic E-state index is 13.7. The number of carbonyl (C=O) groups excluding carboxylic acids is 1. The lowest BCUT2D eigenvalue weighted by molar-refractivity contribution is -0.113. The van der Waals surface area contributed by atoms with Crippen LogP contribution in [0.15, 0.2) is 63.9 Å². The second kappa shape index (κ2) is 9.03. The Balaban J connectivity index is 1.61. The zero-order valence-electron chi connectivity index (χ0n) is 17.0. The molecule has 8 heteroatoms. The molecule has 0 radical (unpaired) electrons. The SMILES string of the molecule is CCn1c(SCC(=O)Nc2ccc(C)c(F)c2)nc2c(-c3ccccc3)csc2c1=O. The fraction of sp³-hybridized carbons (Fsp3) is 0.174. The van der Waals surface area contributed by atoms with Crippen LogP contribution < -0.4 is 10.9 Å². The van der Waals surface area contributed by atoms with Crippen molar-refractivity contribution in [1.29, 1.82) is 0 Å². The number of carbonyl (C=O) groups is 1. The number of fused-ring (bicyclic) bond motifs is 1. The zero-order valence-corrected chi connectivity index (χ0v) is 18.6. The number of thiophene rings is 1. The van der Waals surface area contributed by atoms with Gasteiger partial charge in [0.15, 0.2) is 5.16 Å². The Hall–Kier alpha value is -2.97. The maximum Gasteiger partial charge on any atom is 0.272 e. The summed E-state index contributed by atoms with van der Waals surface area (Å²) >= 11 is 2.58. The second-order valence-electron chi connectivity index (χ2n) is 6.94. The average molecular weight is 454 g/mol. The molecule has 0 spiro atoms. The first kappa shape index (κ1) is 21.3. The van der Waals surface area contributed by atoms with E-state index in [9.17, 15) is 14.0 Å². The molecule has 0 atom stereocenters. The third-order valence-electron chi connectivity index (χ3n) is 4.83. The largest absolute Gasteiger partial charge is 0.325 e. The second-order valence-corrected chi connectivity index (χ2v) is 8.76. The van der Waals surface area contributed by atoms with Gasteiger partial charge < -0.3 is 5.32 Å². The Bertz CT molecular complexity index is 1320. The fourth-order valence-corrected chi connectivity index (χ4v) is 5.01. The Morgan fingerprint density at radius 2 is 2.00 bits per heavy atom. The van der Waals surface area contributed by atoms with E-state index in [-0.39, 0.29) is 23.0 Å². The Labute approximate surface area is 187 Å². The maximum atomic E-state index is 13.7. The van der Waals surface area contributed by atoms with Crippen LogP contribution in [0.2, 0.25) is 0 Å². The first-order valence-corrected chi connectivity index (χ1v) is 11.6. The molecule has 0 unspecified atom stereocenters. The molecule has 0 saturated heterocycles. The predicted octanol–water partition coefficient (Wildman–Crippen LogP) is 5.32. The first-order valence-electron chi connectivity index (χ1n) is 9.74. The van der Waals surface area contributed by atoms with Gasteiger partial charge in [0, 0.05) is 23.2 Å². The van der Waals surface area contributed by atoms with Crippen LogP contribution >= 0.6 is 23.1 Å². The van der Waals surface area contributed by atoms with Gasteiger partial charge in [-0.05, 0) is 37.1 Å². The van der Waals surface area contributed by atoms with E-state index in [1.165, 1.54) is 29.2 Å². The molecule has 5 nitrogen and oxygen atoms in total. The summed E-state index contributed by atoms with van der Waals surface area (Å²) in [6, 6.07) is 14.4. The summed E-state index contributed by atoms with van der Waals surface area (Å²) in [6.07, 6.45) is 0. The minimum atomic E-state index is -0.372. The average Bonchev–Trinajstić information content (AvgIpc) is 3.20. The van der Waals surface area contributed by atoms with E-state index < -0.39 is 0 Å². The summed E-state index contributed by atoms with van der Waals surface area (Å²) < 4.78 is 15.9. The third kappa shape index (κ3) is 4.40. The van der Waals surface area contributed by atoms with Crippen molar-refractivity contribution in [3.8, 4) is 11.1 Å². The van der Waals surface area contributed by atoms with Gasteiger partial charge in [-0.3, -0.25) is 14.2 Å². The number of nitrogens with zero attached hydrogens (tertiary/aromatic N) is 2. The van der Waals surface area contributed by atoms with Gasteiger partial charge in [-0.15, -0.1) is 11.3 Å². The number of halogens is 1. The topological polar surface area (TPSA) is 64.0 Å².